The number of carbonyl (C=O) groups is 2. The van der Waals surface area contributed by atoms with Crippen molar-refractivity contribution in [3.05, 3.63) is 0 Å². The minimum absolute atomic E-state index is 0.00265. The van der Waals surface area contributed by atoms with Crippen LogP contribution in [0.25, 0.3) is 0 Å². The van der Waals surface area contributed by atoms with Crippen LogP contribution in [-0.4, -0.2) is 91.7 Å². The van der Waals surface area contributed by atoms with Crippen LogP contribution in [0.15, 0.2) is 0 Å². The fourth-order valence-electron chi connectivity index (χ4n) is 3.22. The van der Waals surface area contributed by atoms with Crippen molar-refractivity contribution in [2.24, 2.45) is 0 Å². The van der Waals surface area contributed by atoms with Gasteiger partial charge in [0.1, 0.15) is 0 Å². The molecule has 24 heavy (non-hydrogen) atoms. The summed E-state index contributed by atoms with van der Waals surface area (Å²) in [5.41, 5.74) is 0. The molecule has 0 aromatic heterocycles. The first-order chi connectivity index (χ1) is 11.6. The third kappa shape index (κ3) is 5.63. The Bertz CT molecular complexity index is 401. The Kier molecular flexibility index (Phi) is 7.78. The molecular formula is C17H32N4O3. The number of piperazine rings is 1. The third-order valence-electron chi connectivity index (χ3n) is 5.00. The highest BCUT2D eigenvalue weighted by Crippen LogP contribution is 2.09. The van der Waals surface area contributed by atoms with Crippen LogP contribution in [0.5, 0.6) is 0 Å². The second kappa shape index (κ2) is 9.84. The van der Waals surface area contributed by atoms with Gasteiger partial charge in [0.25, 0.3) is 0 Å². The second-order valence-electron chi connectivity index (χ2n) is 6.48. The van der Waals surface area contributed by atoms with E-state index >= 15 is 0 Å². The summed E-state index contributed by atoms with van der Waals surface area (Å²) >= 11 is 0. The van der Waals surface area contributed by atoms with E-state index in [9.17, 15) is 9.59 Å². The highest BCUT2D eigenvalue weighted by atomic mass is 16.5. The van der Waals surface area contributed by atoms with Crippen LogP contribution in [0.4, 0.5) is 4.79 Å². The number of amides is 3. The third-order valence-corrected chi connectivity index (χ3v) is 5.00. The average Bonchev–Trinajstić information content (AvgIpc) is 2.63. The number of hydrogen-bond donors (Lipinski definition) is 1. The SMILES string of the molecule is CCN(CC)CCC(=O)N1CCN(C(=O)NC2CCOCC2)CC1. The van der Waals surface area contributed by atoms with E-state index in [1.165, 1.54) is 0 Å². The van der Waals surface area contributed by atoms with Crippen molar-refractivity contribution >= 4 is 11.9 Å². The maximum Gasteiger partial charge on any atom is 0.317 e. The molecule has 2 rings (SSSR count). The molecule has 0 bridgehead atoms. The standard InChI is InChI=1S/C17H32N4O3/c1-3-19(4-2)8-5-16(22)20-9-11-21(12-10-20)17(23)18-15-6-13-24-14-7-15/h15H,3-14H2,1-2H3,(H,18,23). The Labute approximate surface area is 145 Å². The fraction of sp³-hybridized carbons (Fsp3) is 0.882. The Hall–Kier alpha value is -1.34. The van der Waals surface area contributed by atoms with Crippen molar-refractivity contribution in [2.75, 3.05) is 59.0 Å². The van der Waals surface area contributed by atoms with Gasteiger partial charge < -0.3 is 24.8 Å². The normalized spacial score (nSPS) is 19.6. The van der Waals surface area contributed by atoms with Gasteiger partial charge in [0.2, 0.25) is 5.91 Å². The molecule has 0 saturated carbocycles. The van der Waals surface area contributed by atoms with Gasteiger partial charge in [-0.25, -0.2) is 4.79 Å². The first kappa shape index (κ1) is 19.0. The molecule has 2 heterocycles. The van der Waals surface area contributed by atoms with Crippen LogP contribution in [-0.2, 0) is 9.53 Å². The average molecular weight is 340 g/mol. The van der Waals surface area contributed by atoms with Gasteiger partial charge in [0.05, 0.1) is 0 Å². The maximum absolute atomic E-state index is 12.3. The summed E-state index contributed by atoms with van der Waals surface area (Å²) in [4.78, 5) is 30.6. The number of ether oxygens (including phenoxy) is 1. The molecule has 2 fully saturated rings. The lowest BCUT2D eigenvalue weighted by Crippen LogP contribution is -2.55. The van der Waals surface area contributed by atoms with Crippen LogP contribution in [0, 0.1) is 0 Å². The van der Waals surface area contributed by atoms with E-state index in [-0.39, 0.29) is 18.0 Å². The second-order valence-corrected chi connectivity index (χ2v) is 6.48. The lowest BCUT2D eigenvalue weighted by Gasteiger charge is -2.36. The molecule has 2 saturated heterocycles. The Balaban J connectivity index is 1.68. The van der Waals surface area contributed by atoms with Crippen molar-refractivity contribution in [3.63, 3.8) is 0 Å². The van der Waals surface area contributed by atoms with Crippen molar-refractivity contribution in [1.29, 1.82) is 0 Å². The number of carbonyl (C=O) groups excluding carboxylic acids is 2. The quantitative estimate of drug-likeness (QED) is 0.775. The van der Waals surface area contributed by atoms with Crippen molar-refractivity contribution in [3.8, 4) is 0 Å². The number of hydrogen-bond acceptors (Lipinski definition) is 4. The molecule has 3 amide bonds. The van der Waals surface area contributed by atoms with Gasteiger partial charge in [0, 0.05) is 58.4 Å². The molecule has 0 aliphatic carbocycles. The topological polar surface area (TPSA) is 65.1 Å². The minimum atomic E-state index is -0.00265. The van der Waals surface area contributed by atoms with Gasteiger partial charge in [-0.15, -0.1) is 0 Å². The van der Waals surface area contributed by atoms with Gasteiger partial charge in [-0.3, -0.25) is 4.79 Å². The first-order valence-corrected chi connectivity index (χ1v) is 9.27. The zero-order valence-electron chi connectivity index (χ0n) is 15.1. The van der Waals surface area contributed by atoms with Crippen molar-refractivity contribution in [1.82, 2.24) is 20.0 Å². The maximum atomic E-state index is 12.3. The summed E-state index contributed by atoms with van der Waals surface area (Å²) in [5.74, 6) is 0.200. The van der Waals surface area contributed by atoms with Crippen LogP contribution < -0.4 is 5.32 Å². The van der Waals surface area contributed by atoms with Gasteiger partial charge >= 0.3 is 6.03 Å². The molecule has 2 aliphatic heterocycles. The summed E-state index contributed by atoms with van der Waals surface area (Å²) in [6.07, 6.45) is 2.33. The van der Waals surface area contributed by atoms with E-state index in [1.807, 2.05) is 9.80 Å². The molecule has 2 aliphatic rings. The monoisotopic (exact) mass is 340 g/mol. The highest BCUT2D eigenvalue weighted by molar-refractivity contribution is 5.78. The zero-order valence-corrected chi connectivity index (χ0v) is 15.1. The van der Waals surface area contributed by atoms with Gasteiger partial charge in [-0.1, -0.05) is 13.8 Å². The Morgan fingerprint density at radius 2 is 1.62 bits per heavy atom. The molecule has 0 aromatic rings. The van der Waals surface area contributed by atoms with Gasteiger partial charge in [0.15, 0.2) is 0 Å². The number of rotatable bonds is 6. The lowest BCUT2D eigenvalue weighted by atomic mass is 10.1. The van der Waals surface area contributed by atoms with Crippen LogP contribution in [0.3, 0.4) is 0 Å². The number of nitrogens with zero attached hydrogens (tertiary/aromatic N) is 3. The number of urea groups is 1. The molecular weight excluding hydrogens is 308 g/mol. The van der Waals surface area contributed by atoms with E-state index < -0.39 is 0 Å². The molecule has 1 N–H and O–H groups in total. The molecule has 138 valence electrons. The molecule has 7 nitrogen and oxygen atoms in total. The van der Waals surface area contributed by atoms with Crippen molar-refractivity contribution < 1.29 is 14.3 Å². The molecule has 0 aromatic carbocycles. The van der Waals surface area contributed by atoms with Crippen LogP contribution in [0.1, 0.15) is 33.1 Å². The van der Waals surface area contributed by atoms with E-state index in [2.05, 4.69) is 24.1 Å². The Morgan fingerprint density at radius 3 is 2.21 bits per heavy atom. The minimum Gasteiger partial charge on any atom is -0.381 e. The summed E-state index contributed by atoms with van der Waals surface area (Å²) in [6, 6.07) is 0.220. The van der Waals surface area contributed by atoms with Crippen molar-refractivity contribution in [2.45, 2.75) is 39.2 Å². The van der Waals surface area contributed by atoms with E-state index in [4.69, 9.17) is 4.74 Å². The van der Waals surface area contributed by atoms with E-state index in [1.54, 1.807) is 0 Å². The summed E-state index contributed by atoms with van der Waals surface area (Å²) in [6.45, 7) is 11.0. The summed E-state index contributed by atoms with van der Waals surface area (Å²) in [5, 5.41) is 3.08. The lowest BCUT2D eigenvalue weighted by molar-refractivity contribution is -0.132. The van der Waals surface area contributed by atoms with Crippen LogP contribution in [0.2, 0.25) is 0 Å². The molecule has 0 unspecified atom stereocenters. The van der Waals surface area contributed by atoms with Crippen LogP contribution >= 0.6 is 0 Å². The van der Waals surface area contributed by atoms with E-state index in [0.717, 1.165) is 45.7 Å². The van der Waals surface area contributed by atoms with Gasteiger partial charge in [-0.05, 0) is 25.9 Å². The largest absolute Gasteiger partial charge is 0.381 e. The predicted molar refractivity (Wildman–Crippen MR) is 92.9 cm³/mol. The fourth-order valence-corrected chi connectivity index (χ4v) is 3.22. The Morgan fingerprint density at radius 1 is 1.04 bits per heavy atom. The number of nitrogens with one attached hydrogen (secondary N) is 1. The molecule has 0 spiro atoms. The smallest absolute Gasteiger partial charge is 0.317 e. The summed E-state index contributed by atoms with van der Waals surface area (Å²) < 4.78 is 5.31. The summed E-state index contributed by atoms with van der Waals surface area (Å²) in [7, 11) is 0. The molecule has 0 atom stereocenters. The molecule has 7 heteroatoms. The molecule has 0 radical (unpaired) electrons. The van der Waals surface area contributed by atoms with E-state index in [0.29, 0.717) is 32.6 Å². The zero-order chi connectivity index (χ0) is 17.4. The van der Waals surface area contributed by atoms with Gasteiger partial charge in [-0.2, -0.15) is 0 Å². The first-order valence-electron chi connectivity index (χ1n) is 9.27. The predicted octanol–water partition coefficient (Wildman–Crippen LogP) is 0.751. The highest BCUT2D eigenvalue weighted by Gasteiger charge is 2.26.